The van der Waals surface area contributed by atoms with Crippen LogP contribution in [-0.4, -0.2) is 60.0 Å². The van der Waals surface area contributed by atoms with Gasteiger partial charge in [0.05, 0.1) is 0 Å². The number of rotatable bonds is 5. The normalized spacial score (nSPS) is 22.3. The summed E-state index contributed by atoms with van der Waals surface area (Å²) < 4.78 is 0.433. The fourth-order valence-corrected chi connectivity index (χ4v) is 5.16. The molecule has 138 valence electrons. The molecule has 24 heavy (non-hydrogen) atoms. The fourth-order valence-electron chi connectivity index (χ4n) is 3.59. The summed E-state index contributed by atoms with van der Waals surface area (Å²) in [5.74, 6) is 2.25. The Balaban J connectivity index is 1.79. The molecule has 0 bridgehead atoms. The van der Waals surface area contributed by atoms with Gasteiger partial charge in [0.2, 0.25) is 5.91 Å². The number of carbonyl (C=O) groups excluding carboxylic acids is 1. The first-order valence-corrected chi connectivity index (χ1v) is 10.5. The summed E-state index contributed by atoms with van der Waals surface area (Å²) in [6.07, 6.45) is 8.25. The molecule has 1 spiro atoms. The van der Waals surface area contributed by atoms with Gasteiger partial charge in [-0.2, -0.15) is 11.8 Å². The summed E-state index contributed by atoms with van der Waals surface area (Å²) >= 11 is 2.17. The molecule has 0 aromatic rings. The van der Waals surface area contributed by atoms with E-state index < -0.39 is 0 Å². The number of nitrogens with one attached hydrogen (secondary N) is 2. The van der Waals surface area contributed by atoms with Crippen molar-refractivity contribution in [2.24, 2.45) is 4.99 Å². The van der Waals surface area contributed by atoms with Gasteiger partial charge in [-0.25, -0.2) is 0 Å². The number of nitrogens with zero attached hydrogens (tertiary/aromatic N) is 2. The number of hydrogen-bond donors (Lipinski definition) is 2. The molecular weight excluding hydrogens is 320 g/mol. The molecule has 2 rings (SSSR count). The van der Waals surface area contributed by atoms with Crippen LogP contribution < -0.4 is 10.6 Å². The van der Waals surface area contributed by atoms with Crippen molar-refractivity contribution in [1.82, 2.24) is 15.5 Å². The summed E-state index contributed by atoms with van der Waals surface area (Å²) in [5, 5.41) is 6.40. The summed E-state index contributed by atoms with van der Waals surface area (Å²) in [6.45, 7) is 6.91. The van der Waals surface area contributed by atoms with E-state index in [2.05, 4.69) is 39.2 Å². The van der Waals surface area contributed by atoms with Crippen LogP contribution in [0.4, 0.5) is 0 Å². The molecule has 1 amide bonds. The molecular formula is C18H34N4OS. The number of amides is 1. The van der Waals surface area contributed by atoms with E-state index in [1.165, 1.54) is 37.9 Å². The van der Waals surface area contributed by atoms with Gasteiger partial charge in [0.15, 0.2) is 5.96 Å². The van der Waals surface area contributed by atoms with Gasteiger partial charge in [0.25, 0.3) is 0 Å². The highest BCUT2D eigenvalue weighted by atomic mass is 32.2. The topological polar surface area (TPSA) is 56.7 Å². The first-order chi connectivity index (χ1) is 11.6. The summed E-state index contributed by atoms with van der Waals surface area (Å²) in [6, 6.07) is 0.252. The lowest BCUT2D eigenvalue weighted by atomic mass is 9.87. The lowest BCUT2D eigenvalue weighted by molar-refractivity contribution is -0.121. The van der Waals surface area contributed by atoms with Crippen molar-refractivity contribution in [2.75, 3.05) is 32.4 Å². The third-order valence-electron chi connectivity index (χ3n) is 5.18. The van der Waals surface area contributed by atoms with Crippen LogP contribution >= 0.6 is 11.8 Å². The Kier molecular flexibility index (Phi) is 7.72. The Bertz CT molecular complexity index is 429. The van der Waals surface area contributed by atoms with Crippen LogP contribution in [0.15, 0.2) is 4.99 Å². The van der Waals surface area contributed by atoms with Crippen LogP contribution in [0, 0.1) is 0 Å². The Morgan fingerprint density at radius 1 is 1.33 bits per heavy atom. The maximum absolute atomic E-state index is 11.9. The summed E-state index contributed by atoms with van der Waals surface area (Å²) in [7, 11) is 1.84. The van der Waals surface area contributed by atoms with Crippen molar-refractivity contribution in [1.29, 1.82) is 0 Å². The average Bonchev–Trinajstić information content (AvgIpc) is 2.59. The van der Waals surface area contributed by atoms with E-state index in [1.807, 2.05) is 14.0 Å². The van der Waals surface area contributed by atoms with Crippen LogP contribution in [0.3, 0.4) is 0 Å². The van der Waals surface area contributed by atoms with Gasteiger partial charge in [-0.1, -0.05) is 26.2 Å². The van der Waals surface area contributed by atoms with Crippen molar-refractivity contribution in [3.05, 3.63) is 0 Å². The molecule has 0 aromatic carbocycles. The van der Waals surface area contributed by atoms with Crippen molar-refractivity contribution >= 4 is 23.6 Å². The highest BCUT2D eigenvalue weighted by Crippen LogP contribution is 2.42. The fraction of sp³-hybridized carbons (Fsp3) is 0.889. The van der Waals surface area contributed by atoms with Crippen molar-refractivity contribution in [2.45, 2.75) is 69.6 Å². The van der Waals surface area contributed by atoms with Gasteiger partial charge in [-0.3, -0.25) is 9.79 Å². The Labute approximate surface area is 151 Å². The summed E-state index contributed by atoms with van der Waals surface area (Å²) in [5.41, 5.74) is 0. The second-order valence-electron chi connectivity index (χ2n) is 7.11. The van der Waals surface area contributed by atoms with Crippen molar-refractivity contribution in [3.63, 3.8) is 0 Å². The molecule has 1 atom stereocenters. The average molecular weight is 355 g/mol. The quantitative estimate of drug-likeness (QED) is 0.589. The number of guanidine groups is 1. The van der Waals surface area contributed by atoms with Crippen molar-refractivity contribution < 1.29 is 4.79 Å². The molecule has 6 heteroatoms. The maximum atomic E-state index is 11.9. The largest absolute Gasteiger partial charge is 0.356 e. The molecule has 1 aliphatic heterocycles. The molecule has 2 N–H and O–H groups in total. The molecule has 0 radical (unpaired) electrons. The third-order valence-corrected chi connectivity index (χ3v) is 6.72. The highest BCUT2D eigenvalue weighted by molar-refractivity contribution is 8.00. The van der Waals surface area contributed by atoms with Crippen LogP contribution in [0.2, 0.25) is 0 Å². The predicted octanol–water partition coefficient (Wildman–Crippen LogP) is 2.62. The second-order valence-corrected chi connectivity index (χ2v) is 8.68. The zero-order chi connectivity index (χ0) is 17.4. The van der Waals surface area contributed by atoms with Gasteiger partial charge in [-0.15, -0.1) is 0 Å². The van der Waals surface area contributed by atoms with Crippen LogP contribution in [-0.2, 0) is 4.79 Å². The molecule has 1 saturated carbocycles. The Hall–Kier alpha value is -0.910. The van der Waals surface area contributed by atoms with E-state index in [0.29, 0.717) is 17.7 Å². The number of hydrogen-bond acceptors (Lipinski definition) is 3. The SMILES string of the molecule is CCC(C)NC(=O)CCNC(=NC)N1CCSC2(CCCCC2)C1. The monoisotopic (exact) mass is 354 g/mol. The van der Waals surface area contributed by atoms with E-state index >= 15 is 0 Å². The van der Waals surface area contributed by atoms with Gasteiger partial charge in [0.1, 0.15) is 0 Å². The molecule has 1 aliphatic carbocycles. The molecule has 2 aliphatic rings. The first-order valence-electron chi connectivity index (χ1n) is 9.47. The van der Waals surface area contributed by atoms with E-state index in [1.54, 1.807) is 0 Å². The third kappa shape index (κ3) is 5.57. The van der Waals surface area contributed by atoms with Gasteiger partial charge >= 0.3 is 0 Å². The Morgan fingerprint density at radius 2 is 2.08 bits per heavy atom. The van der Waals surface area contributed by atoms with E-state index in [0.717, 1.165) is 25.5 Å². The standard InChI is InChI=1S/C18H34N4OS/c1-4-15(2)21-16(23)8-11-20-17(19-3)22-12-13-24-18(14-22)9-6-5-7-10-18/h15H,4-14H2,1-3H3,(H,19,20)(H,21,23). The predicted molar refractivity (Wildman–Crippen MR) is 104 cm³/mol. The lowest BCUT2D eigenvalue weighted by Crippen LogP contribution is -2.53. The van der Waals surface area contributed by atoms with Crippen molar-refractivity contribution in [3.8, 4) is 0 Å². The van der Waals surface area contributed by atoms with Gasteiger partial charge < -0.3 is 15.5 Å². The van der Waals surface area contributed by atoms with Crippen LogP contribution in [0.5, 0.6) is 0 Å². The van der Waals surface area contributed by atoms with E-state index in [9.17, 15) is 4.79 Å². The first kappa shape index (κ1) is 19.4. The smallest absolute Gasteiger partial charge is 0.221 e. The van der Waals surface area contributed by atoms with E-state index in [-0.39, 0.29) is 11.9 Å². The maximum Gasteiger partial charge on any atom is 0.221 e. The molecule has 1 heterocycles. The second kappa shape index (κ2) is 9.54. The van der Waals surface area contributed by atoms with E-state index in [4.69, 9.17) is 0 Å². The molecule has 2 fully saturated rings. The van der Waals surface area contributed by atoms with Gasteiger partial charge in [-0.05, 0) is 26.2 Å². The molecule has 1 unspecified atom stereocenters. The molecule has 1 saturated heterocycles. The number of aliphatic imine (C=N–C) groups is 1. The molecule has 0 aromatic heterocycles. The lowest BCUT2D eigenvalue weighted by Gasteiger charge is -2.45. The molecule has 5 nitrogen and oxygen atoms in total. The van der Waals surface area contributed by atoms with Crippen LogP contribution in [0.1, 0.15) is 58.8 Å². The minimum absolute atomic E-state index is 0.116. The van der Waals surface area contributed by atoms with Crippen LogP contribution in [0.25, 0.3) is 0 Å². The minimum atomic E-state index is 0.116. The summed E-state index contributed by atoms with van der Waals surface area (Å²) in [4.78, 5) is 18.7. The Morgan fingerprint density at radius 3 is 2.75 bits per heavy atom. The zero-order valence-electron chi connectivity index (χ0n) is 15.6. The zero-order valence-corrected chi connectivity index (χ0v) is 16.4. The highest BCUT2D eigenvalue weighted by Gasteiger charge is 2.38. The number of carbonyl (C=O) groups is 1. The minimum Gasteiger partial charge on any atom is -0.356 e. The number of thioether (sulfide) groups is 1. The van der Waals surface area contributed by atoms with Gasteiger partial charge in [0, 0.05) is 49.6 Å².